The molecule has 3 N–H and O–H groups in total. The molecule has 0 amide bonds. The van der Waals surface area contributed by atoms with Crippen LogP contribution in [0, 0.1) is 5.92 Å². The van der Waals surface area contributed by atoms with Crippen LogP contribution in [0.2, 0.25) is 0 Å². The number of hydrogen-bond acceptors (Lipinski definition) is 3. The van der Waals surface area contributed by atoms with Crippen molar-refractivity contribution in [2.45, 2.75) is 37.2 Å². The van der Waals surface area contributed by atoms with E-state index >= 15 is 0 Å². The number of benzene rings is 1. The first-order valence-electron chi connectivity index (χ1n) is 6.88. The van der Waals surface area contributed by atoms with E-state index in [2.05, 4.69) is 21.2 Å². The van der Waals surface area contributed by atoms with Crippen LogP contribution in [-0.2, 0) is 10.9 Å². The fourth-order valence-electron chi connectivity index (χ4n) is 3.19. The third kappa shape index (κ3) is 2.78. The molecule has 3 nitrogen and oxygen atoms in total. The van der Waals surface area contributed by atoms with Crippen LogP contribution in [-0.4, -0.2) is 24.8 Å². The summed E-state index contributed by atoms with van der Waals surface area (Å²) in [5, 5.41) is 2.94. The SMILES string of the molecule is NC1C2CCCOC2C1Nc1cc(Br)ccc1C(F)(F)F. The summed E-state index contributed by atoms with van der Waals surface area (Å²) in [6, 6.07) is 3.44. The molecular formula is C14H16BrF3N2O. The molecule has 1 aromatic rings. The van der Waals surface area contributed by atoms with Crippen LogP contribution in [0.3, 0.4) is 0 Å². The third-order valence-electron chi connectivity index (χ3n) is 4.29. The van der Waals surface area contributed by atoms with Crippen molar-refractivity contribution in [1.82, 2.24) is 0 Å². The van der Waals surface area contributed by atoms with E-state index in [0.29, 0.717) is 11.1 Å². The van der Waals surface area contributed by atoms with Crippen molar-refractivity contribution in [3.8, 4) is 0 Å². The molecule has 1 aliphatic heterocycles. The van der Waals surface area contributed by atoms with Gasteiger partial charge in [-0.05, 0) is 31.0 Å². The molecule has 116 valence electrons. The second-order valence-corrected chi connectivity index (χ2v) is 6.49. The summed E-state index contributed by atoms with van der Waals surface area (Å²) < 4.78 is 45.4. The Bertz CT molecular complexity index is 537. The number of hydrogen-bond donors (Lipinski definition) is 2. The number of nitrogens with one attached hydrogen (secondary N) is 1. The molecule has 1 aliphatic carbocycles. The van der Waals surface area contributed by atoms with Crippen LogP contribution in [0.15, 0.2) is 22.7 Å². The van der Waals surface area contributed by atoms with Gasteiger partial charge in [0.15, 0.2) is 0 Å². The number of ether oxygens (including phenoxy) is 1. The number of alkyl halides is 3. The molecule has 4 atom stereocenters. The predicted octanol–water partition coefficient (Wildman–Crippen LogP) is 3.38. The zero-order chi connectivity index (χ0) is 15.2. The van der Waals surface area contributed by atoms with Crippen molar-refractivity contribution in [2.75, 3.05) is 11.9 Å². The lowest BCUT2D eigenvalue weighted by Crippen LogP contribution is -2.69. The van der Waals surface area contributed by atoms with Gasteiger partial charge in [-0.2, -0.15) is 13.2 Å². The monoisotopic (exact) mass is 364 g/mol. The van der Waals surface area contributed by atoms with Crippen molar-refractivity contribution in [2.24, 2.45) is 11.7 Å². The molecule has 4 unspecified atom stereocenters. The maximum Gasteiger partial charge on any atom is 0.418 e. The van der Waals surface area contributed by atoms with Gasteiger partial charge < -0.3 is 15.8 Å². The Labute approximate surface area is 129 Å². The number of anilines is 1. The Hall–Kier alpha value is -0.790. The first kappa shape index (κ1) is 15.1. The lowest BCUT2D eigenvalue weighted by molar-refractivity contribution is -0.137. The lowest BCUT2D eigenvalue weighted by Gasteiger charge is -2.52. The maximum atomic E-state index is 13.1. The third-order valence-corrected chi connectivity index (χ3v) is 4.78. The van der Waals surface area contributed by atoms with Crippen LogP contribution < -0.4 is 11.1 Å². The van der Waals surface area contributed by atoms with Gasteiger partial charge in [-0.15, -0.1) is 0 Å². The summed E-state index contributed by atoms with van der Waals surface area (Å²) >= 11 is 3.21. The van der Waals surface area contributed by atoms with Gasteiger partial charge in [-0.1, -0.05) is 15.9 Å². The van der Waals surface area contributed by atoms with Crippen LogP contribution in [0.1, 0.15) is 18.4 Å². The Balaban J connectivity index is 1.83. The summed E-state index contributed by atoms with van der Waals surface area (Å²) in [6.45, 7) is 0.649. The number of halogens is 4. The normalized spacial score (nSPS) is 32.2. The van der Waals surface area contributed by atoms with Gasteiger partial charge in [0.05, 0.1) is 17.7 Å². The second-order valence-electron chi connectivity index (χ2n) is 5.58. The molecule has 0 aromatic heterocycles. The molecule has 0 bridgehead atoms. The van der Waals surface area contributed by atoms with Crippen molar-refractivity contribution in [3.05, 3.63) is 28.2 Å². The van der Waals surface area contributed by atoms with Crippen molar-refractivity contribution in [3.63, 3.8) is 0 Å². The average Bonchev–Trinajstić information content (AvgIpc) is 2.43. The molecule has 2 aliphatic rings. The summed E-state index contributed by atoms with van der Waals surface area (Å²) in [5.41, 5.74) is 5.45. The predicted molar refractivity (Wildman–Crippen MR) is 77.0 cm³/mol. The van der Waals surface area contributed by atoms with E-state index in [1.807, 2.05) is 0 Å². The number of fused-ring (bicyclic) bond motifs is 1. The molecule has 0 spiro atoms. The molecule has 3 rings (SSSR count). The summed E-state index contributed by atoms with van der Waals surface area (Å²) in [5.74, 6) is 0.248. The molecule has 1 saturated carbocycles. The second kappa shape index (κ2) is 5.44. The highest BCUT2D eigenvalue weighted by atomic mass is 79.9. The van der Waals surface area contributed by atoms with Gasteiger partial charge in [-0.25, -0.2) is 0 Å². The largest absolute Gasteiger partial charge is 0.418 e. The minimum Gasteiger partial charge on any atom is -0.378 e. The van der Waals surface area contributed by atoms with Gasteiger partial charge in [0.2, 0.25) is 0 Å². The number of rotatable bonds is 2. The van der Waals surface area contributed by atoms with Crippen LogP contribution in [0.5, 0.6) is 0 Å². The topological polar surface area (TPSA) is 47.3 Å². The Morgan fingerprint density at radius 2 is 2.10 bits per heavy atom. The fraction of sp³-hybridized carbons (Fsp3) is 0.571. The Morgan fingerprint density at radius 1 is 1.33 bits per heavy atom. The first-order chi connectivity index (χ1) is 9.88. The van der Waals surface area contributed by atoms with E-state index in [1.54, 1.807) is 0 Å². The summed E-state index contributed by atoms with van der Waals surface area (Å²) in [7, 11) is 0. The standard InChI is InChI=1S/C14H16BrF3N2O/c15-7-3-4-9(14(16,17)18)10(6-7)20-12-11(19)8-2-1-5-21-13(8)12/h3-4,6,8,11-13,20H,1-2,5,19H2. The first-order valence-corrected chi connectivity index (χ1v) is 7.67. The van der Waals surface area contributed by atoms with Gasteiger partial charge >= 0.3 is 6.18 Å². The quantitative estimate of drug-likeness (QED) is 0.845. The zero-order valence-corrected chi connectivity index (χ0v) is 12.7. The van der Waals surface area contributed by atoms with E-state index in [1.165, 1.54) is 12.1 Å². The van der Waals surface area contributed by atoms with E-state index in [4.69, 9.17) is 10.5 Å². The molecular weight excluding hydrogens is 349 g/mol. The van der Waals surface area contributed by atoms with Crippen LogP contribution >= 0.6 is 15.9 Å². The summed E-state index contributed by atoms with van der Waals surface area (Å²) in [6.07, 6.45) is -2.54. The van der Waals surface area contributed by atoms with E-state index < -0.39 is 11.7 Å². The molecule has 2 fully saturated rings. The fourth-order valence-corrected chi connectivity index (χ4v) is 3.55. The van der Waals surface area contributed by atoms with Crippen molar-refractivity contribution in [1.29, 1.82) is 0 Å². The lowest BCUT2D eigenvalue weighted by atomic mass is 9.68. The van der Waals surface area contributed by atoms with Gasteiger partial charge in [-0.3, -0.25) is 0 Å². The maximum absolute atomic E-state index is 13.1. The molecule has 1 aromatic carbocycles. The molecule has 1 heterocycles. The zero-order valence-electron chi connectivity index (χ0n) is 11.2. The Morgan fingerprint density at radius 3 is 2.81 bits per heavy atom. The van der Waals surface area contributed by atoms with Crippen molar-refractivity contribution >= 4 is 21.6 Å². The number of nitrogens with two attached hydrogens (primary N) is 1. The van der Waals surface area contributed by atoms with Crippen LogP contribution in [0.25, 0.3) is 0 Å². The highest BCUT2D eigenvalue weighted by Gasteiger charge is 2.51. The van der Waals surface area contributed by atoms with Gasteiger partial charge in [0.25, 0.3) is 0 Å². The van der Waals surface area contributed by atoms with E-state index in [-0.39, 0.29) is 29.8 Å². The molecule has 1 saturated heterocycles. The van der Waals surface area contributed by atoms with E-state index in [9.17, 15) is 13.2 Å². The van der Waals surface area contributed by atoms with Crippen LogP contribution in [0.4, 0.5) is 18.9 Å². The average molecular weight is 365 g/mol. The molecule has 21 heavy (non-hydrogen) atoms. The molecule has 7 heteroatoms. The minimum atomic E-state index is -4.40. The van der Waals surface area contributed by atoms with E-state index in [0.717, 1.165) is 18.9 Å². The van der Waals surface area contributed by atoms with Gasteiger partial charge in [0.1, 0.15) is 0 Å². The highest BCUT2D eigenvalue weighted by Crippen LogP contribution is 2.41. The minimum absolute atomic E-state index is 0.0462. The highest BCUT2D eigenvalue weighted by molar-refractivity contribution is 9.10. The Kier molecular flexibility index (Phi) is 3.92. The van der Waals surface area contributed by atoms with Gasteiger partial charge in [0, 0.05) is 28.7 Å². The molecule has 0 radical (unpaired) electrons. The van der Waals surface area contributed by atoms with Crippen molar-refractivity contribution < 1.29 is 17.9 Å². The summed E-state index contributed by atoms with van der Waals surface area (Å²) in [4.78, 5) is 0. The smallest absolute Gasteiger partial charge is 0.378 e.